The smallest absolute Gasteiger partial charge is 0.164 e. The van der Waals surface area contributed by atoms with E-state index >= 15 is 0 Å². The van der Waals surface area contributed by atoms with Crippen LogP contribution in [0.5, 0.6) is 0 Å². The van der Waals surface area contributed by atoms with Gasteiger partial charge in [0.05, 0.1) is 0 Å². The summed E-state index contributed by atoms with van der Waals surface area (Å²) in [6, 6.07) is 54.7. The van der Waals surface area contributed by atoms with Gasteiger partial charge in [-0.15, -0.1) is 0 Å². The van der Waals surface area contributed by atoms with Gasteiger partial charge in [0.1, 0.15) is 0 Å². The lowest BCUT2D eigenvalue weighted by Crippen LogP contribution is -2.00. The topological polar surface area (TPSA) is 38.7 Å². The summed E-state index contributed by atoms with van der Waals surface area (Å²) in [4.78, 5) is 14.7. The molecule has 4 heteroatoms. The first kappa shape index (κ1) is 27.1. The van der Waals surface area contributed by atoms with Gasteiger partial charge >= 0.3 is 0 Å². The SMILES string of the molecule is Brc1ccc2ccccc2c1-c1c(-c2ccc(-c3nc(-c4ccccc4)nc(-c4ccccc4)n3)cc2)ccc2ccccc12. The van der Waals surface area contributed by atoms with Crippen LogP contribution in [-0.2, 0) is 0 Å². The molecule has 7 aromatic carbocycles. The molecule has 0 spiro atoms. The van der Waals surface area contributed by atoms with E-state index < -0.39 is 0 Å². The van der Waals surface area contributed by atoms with E-state index in [1.807, 2.05) is 60.7 Å². The van der Waals surface area contributed by atoms with Crippen LogP contribution >= 0.6 is 15.9 Å². The lowest BCUT2D eigenvalue weighted by molar-refractivity contribution is 1.07. The van der Waals surface area contributed by atoms with Crippen LogP contribution in [0.1, 0.15) is 0 Å². The minimum Gasteiger partial charge on any atom is -0.208 e. The lowest BCUT2D eigenvalue weighted by Gasteiger charge is -2.18. The average Bonchev–Trinajstić information content (AvgIpc) is 3.12. The van der Waals surface area contributed by atoms with Crippen LogP contribution in [-0.4, -0.2) is 15.0 Å². The highest BCUT2D eigenvalue weighted by Gasteiger charge is 2.18. The molecule has 212 valence electrons. The van der Waals surface area contributed by atoms with Gasteiger partial charge < -0.3 is 0 Å². The number of benzene rings is 7. The van der Waals surface area contributed by atoms with E-state index in [1.54, 1.807) is 0 Å². The van der Waals surface area contributed by atoms with Gasteiger partial charge in [-0.25, -0.2) is 15.0 Å². The summed E-state index contributed by atoms with van der Waals surface area (Å²) in [6.07, 6.45) is 0. The van der Waals surface area contributed by atoms with Gasteiger partial charge in [0.15, 0.2) is 17.5 Å². The van der Waals surface area contributed by atoms with E-state index in [0.29, 0.717) is 17.5 Å². The number of hydrogen-bond donors (Lipinski definition) is 0. The van der Waals surface area contributed by atoms with Crippen LogP contribution in [0.3, 0.4) is 0 Å². The van der Waals surface area contributed by atoms with Gasteiger partial charge in [-0.3, -0.25) is 0 Å². The summed E-state index contributed by atoms with van der Waals surface area (Å²) >= 11 is 3.92. The molecule has 0 aliphatic rings. The van der Waals surface area contributed by atoms with Crippen LogP contribution < -0.4 is 0 Å². The Balaban J connectivity index is 1.29. The quantitative estimate of drug-likeness (QED) is 0.188. The van der Waals surface area contributed by atoms with Crippen molar-refractivity contribution in [1.29, 1.82) is 0 Å². The zero-order valence-electron chi connectivity index (χ0n) is 24.2. The number of hydrogen-bond acceptors (Lipinski definition) is 3. The Morgan fingerprint density at radius 3 is 1.31 bits per heavy atom. The van der Waals surface area contributed by atoms with Crippen LogP contribution in [0.15, 0.2) is 162 Å². The lowest BCUT2D eigenvalue weighted by atomic mass is 9.87. The molecule has 1 aromatic heterocycles. The second kappa shape index (κ2) is 11.6. The van der Waals surface area contributed by atoms with Gasteiger partial charge in [-0.1, -0.05) is 168 Å². The highest BCUT2D eigenvalue weighted by molar-refractivity contribution is 9.10. The highest BCUT2D eigenvalue weighted by Crippen LogP contribution is 2.44. The molecule has 0 bridgehead atoms. The minimum atomic E-state index is 0.643. The van der Waals surface area contributed by atoms with Gasteiger partial charge in [0.2, 0.25) is 0 Å². The molecule has 8 aromatic rings. The summed E-state index contributed by atoms with van der Waals surface area (Å²) in [5.41, 5.74) is 7.55. The molecule has 0 aliphatic carbocycles. The summed E-state index contributed by atoms with van der Waals surface area (Å²) in [5, 5.41) is 4.85. The number of fused-ring (bicyclic) bond motifs is 2. The molecule has 1 heterocycles. The molecule has 0 N–H and O–H groups in total. The van der Waals surface area contributed by atoms with E-state index in [0.717, 1.165) is 26.7 Å². The number of nitrogens with zero attached hydrogens (tertiary/aromatic N) is 3. The van der Waals surface area contributed by atoms with E-state index in [-0.39, 0.29) is 0 Å². The Morgan fingerprint density at radius 1 is 0.333 bits per heavy atom. The fourth-order valence-electron chi connectivity index (χ4n) is 6.02. The van der Waals surface area contributed by atoms with Crippen molar-refractivity contribution in [3.63, 3.8) is 0 Å². The maximum atomic E-state index is 4.93. The Labute approximate surface area is 270 Å². The molecule has 0 atom stereocenters. The fourth-order valence-corrected chi connectivity index (χ4v) is 6.56. The molecule has 0 saturated heterocycles. The molecule has 0 radical (unpaired) electrons. The van der Waals surface area contributed by atoms with Crippen molar-refractivity contribution >= 4 is 37.5 Å². The average molecular weight is 641 g/mol. The number of halogens is 1. The first-order valence-corrected chi connectivity index (χ1v) is 15.7. The van der Waals surface area contributed by atoms with Crippen molar-refractivity contribution in [1.82, 2.24) is 15.0 Å². The maximum Gasteiger partial charge on any atom is 0.164 e. The Bertz CT molecular complexity index is 2260. The summed E-state index contributed by atoms with van der Waals surface area (Å²) in [7, 11) is 0. The molecule has 0 saturated carbocycles. The van der Waals surface area contributed by atoms with E-state index in [2.05, 4.69) is 113 Å². The molecule has 45 heavy (non-hydrogen) atoms. The van der Waals surface area contributed by atoms with Gasteiger partial charge in [0, 0.05) is 26.7 Å². The Morgan fingerprint density at radius 2 is 0.756 bits per heavy atom. The Hall–Kier alpha value is -5.45. The standard InChI is InChI=1S/C41H26BrN3/c42-36-26-24-28-12-8-10-18-34(28)38(36)37-33-17-9-7-11-27(33)23-25-35(37)29-19-21-32(22-20-29)41-44-39(30-13-3-1-4-14-30)43-40(45-41)31-15-5-2-6-16-31/h1-26H. The third-order valence-electron chi connectivity index (χ3n) is 8.21. The number of aromatic nitrogens is 3. The first-order valence-electron chi connectivity index (χ1n) is 14.9. The molecule has 0 fully saturated rings. The largest absolute Gasteiger partial charge is 0.208 e. The van der Waals surface area contributed by atoms with Gasteiger partial charge in [-0.05, 0) is 44.3 Å². The van der Waals surface area contributed by atoms with Crippen LogP contribution in [0.4, 0.5) is 0 Å². The second-order valence-electron chi connectivity index (χ2n) is 11.0. The minimum absolute atomic E-state index is 0.643. The normalized spacial score (nSPS) is 11.2. The molecule has 0 amide bonds. The maximum absolute atomic E-state index is 4.93. The van der Waals surface area contributed by atoms with E-state index in [4.69, 9.17) is 15.0 Å². The predicted molar refractivity (Wildman–Crippen MR) is 190 cm³/mol. The first-order chi connectivity index (χ1) is 22.2. The van der Waals surface area contributed by atoms with Crippen molar-refractivity contribution in [3.05, 3.63) is 162 Å². The number of rotatable bonds is 5. The van der Waals surface area contributed by atoms with Crippen LogP contribution in [0, 0.1) is 0 Å². The van der Waals surface area contributed by atoms with Crippen molar-refractivity contribution < 1.29 is 0 Å². The zero-order valence-corrected chi connectivity index (χ0v) is 25.8. The second-order valence-corrected chi connectivity index (χ2v) is 11.8. The van der Waals surface area contributed by atoms with E-state index in [1.165, 1.54) is 38.2 Å². The Kier molecular flexibility index (Phi) is 6.97. The van der Waals surface area contributed by atoms with Crippen molar-refractivity contribution in [2.75, 3.05) is 0 Å². The van der Waals surface area contributed by atoms with Crippen LogP contribution in [0.2, 0.25) is 0 Å². The van der Waals surface area contributed by atoms with Crippen LogP contribution in [0.25, 0.3) is 78.0 Å². The highest BCUT2D eigenvalue weighted by atomic mass is 79.9. The fraction of sp³-hybridized carbons (Fsp3) is 0. The van der Waals surface area contributed by atoms with Gasteiger partial charge in [-0.2, -0.15) is 0 Å². The monoisotopic (exact) mass is 639 g/mol. The van der Waals surface area contributed by atoms with Crippen molar-refractivity contribution in [2.24, 2.45) is 0 Å². The predicted octanol–water partition coefficient (Wildman–Crippen LogP) is 11.3. The molecule has 8 rings (SSSR count). The summed E-state index contributed by atoms with van der Waals surface area (Å²) in [6.45, 7) is 0. The van der Waals surface area contributed by atoms with Crippen molar-refractivity contribution in [3.8, 4) is 56.4 Å². The molecular weight excluding hydrogens is 614 g/mol. The third kappa shape index (κ3) is 5.09. The molecular formula is C41H26BrN3. The third-order valence-corrected chi connectivity index (χ3v) is 8.87. The molecule has 3 nitrogen and oxygen atoms in total. The molecule has 0 aliphatic heterocycles. The van der Waals surface area contributed by atoms with E-state index in [9.17, 15) is 0 Å². The zero-order chi connectivity index (χ0) is 30.2. The van der Waals surface area contributed by atoms with Crippen molar-refractivity contribution in [2.45, 2.75) is 0 Å². The summed E-state index contributed by atoms with van der Waals surface area (Å²) < 4.78 is 1.07. The van der Waals surface area contributed by atoms with Gasteiger partial charge in [0.25, 0.3) is 0 Å². The summed E-state index contributed by atoms with van der Waals surface area (Å²) in [5.74, 6) is 1.95. The molecule has 0 unspecified atom stereocenters.